The Hall–Kier alpha value is -3.43. The quantitative estimate of drug-likeness (QED) is 0.161. The number of carbonyl (C=O) groups is 1. The molecule has 0 saturated carbocycles. The van der Waals surface area contributed by atoms with Crippen molar-refractivity contribution in [2.45, 2.75) is 20.0 Å². The molecular weight excluding hydrogens is 519 g/mol. The molecule has 1 N–H and O–H groups in total. The lowest BCUT2D eigenvalue weighted by atomic mass is 10.0. The summed E-state index contributed by atoms with van der Waals surface area (Å²) in [5.41, 5.74) is 2.55. The number of nitriles is 1. The average molecular weight is 542 g/mol. The van der Waals surface area contributed by atoms with E-state index in [1.165, 1.54) is 6.08 Å². The second-order valence-electron chi connectivity index (χ2n) is 7.59. The molecule has 3 rings (SSSR count). The van der Waals surface area contributed by atoms with Gasteiger partial charge in [-0.05, 0) is 67.4 Å². The van der Waals surface area contributed by atoms with Crippen LogP contribution in [0.3, 0.4) is 0 Å². The highest BCUT2D eigenvalue weighted by Gasteiger charge is 2.16. The molecule has 0 heterocycles. The predicted molar refractivity (Wildman–Crippen MR) is 146 cm³/mol. The van der Waals surface area contributed by atoms with Crippen molar-refractivity contribution in [1.82, 2.24) is 0 Å². The average Bonchev–Trinajstić information content (AvgIpc) is 2.83. The maximum Gasteiger partial charge on any atom is 0.266 e. The number of ether oxygens (including phenoxy) is 2. The first kappa shape index (κ1) is 27.2. The molecule has 184 valence electrons. The molecule has 3 aromatic rings. The van der Waals surface area contributed by atoms with Crippen molar-refractivity contribution in [3.8, 4) is 17.6 Å². The lowest BCUT2D eigenvalue weighted by Crippen LogP contribution is -2.13. The van der Waals surface area contributed by atoms with Gasteiger partial charge in [0.15, 0.2) is 11.5 Å². The van der Waals surface area contributed by atoms with E-state index in [1.54, 1.807) is 54.6 Å². The van der Waals surface area contributed by atoms with E-state index in [9.17, 15) is 10.1 Å². The maximum atomic E-state index is 12.7. The Labute approximate surface area is 225 Å². The van der Waals surface area contributed by atoms with Crippen LogP contribution in [0.5, 0.6) is 11.5 Å². The van der Waals surface area contributed by atoms with Gasteiger partial charge in [0, 0.05) is 31.9 Å². The minimum absolute atomic E-state index is 0.0800. The molecule has 0 bridgehead atoms. The molecule has 0 unspecified atom stereocenters. The maximum absolute atomic E-state index is 12.7. The summed E-state index contributed by atoms with van der Waals surface area (Å²) < 4.78 is 12.0. The van der Waals surface area contributed by atoms with Crippen LogP contribution >= 0.6 is 34.8 Å². The lowest BCUT2D eigenvalue weighted by Gasteiger charge is -2.17. The first-order valence-corrected chi connectivity index (χ1v) is 12.1. The highest BCUT2D eigenvalue weighted by atomic mass is 35.5. The molecule has 0 spiro atoms. The number of hydrogen-bond donors (Lipinski definition) is 1. The van der Waals surface area contributed by atoms with E-state index in [2.05, 4.69) is 11.9 Å². The molecular formula is C28H23Cl3N2O3. The van der Waals surface area contributed by atoms with Gasteiger partial charge in [-0.15, -0.1) is 6.58 Å². The summed E-state index contributed by atoms with van der Waals surface area (Å²) in [6.07, 6.45) is 3.70. The van der Waals surface area contributed by atoms with Crippen molar-refractivity contribution in [1.29, 1.82) is 5.26 Å². The summed E-state index contributed by atoms with van der Waals surface area (Å²) in [5.74, 6) is 0.447. The molecule has 0 atom stereocenters. The molecule has 0 saturated heterocycles. The fourth-order valence-electron chi connectivity index (χ4n) is 3.37. The largest absolute Gasteiger partial charge is 0.490 e. The summed E-state index contributed by atoms with van der Waals surface area (Å²) in [5, 5.41) is 13.8. The third kappa shape index (κ3) is 7.29. The number of anilines is 1. The summed E-state index contributed by atoms with van der Waals surface area (Å²) >= 11 is 18.3. The van der Waals surface area contributed by atoms with Gasteiger partial charge in [-0.3, -0.25) is 4.79 Å². The van der Waals surface area contributed by atoms with Crippen molar-refractivity contribution in [3.05, 3.63) is 105 Å². The van der Waals surface area contributed by atoms with Crippen LogP contribution in [0.4, 0.5) is 5.69 Å². The van der Waals surface area contributed by atoms with Crippen LogP contribution in [0.15, 0.2) is 72.8 Å². The summed E-state index contributed by atoms with van der Waals surface area (Å²) in [6.45, 7) is 6.27. The fraction of sp³-hybridized carbons (Fsp3) is 0.143. The Morgan fingerprint density at radius 1 is 1.06 bits per heavy atom. The number of rotatable bonds is 10. The fourth-order valence-corrected chi connectivity index (χ4v) is 4.02. The van der Waals surface area contributed by atoms with Crippen LogP contribution < -0.4 is 14.8 Å². The van der Waals surface area contributed by atoms with Gasteiger partial charge in [0.05, 0.1) is 6.61 Å². The SMILES string of the molecule is C=CCc1cc(/C=C(\C#N)C(=O)Nc2cccc(Cl)c2)cc(OCC)c1OCc1ccc(Cl)cc1Cl. The third-order valence-electron chi connectivity index (χ3n) is 4.96. The summed E-state index contributed by atoms with van der Waals surface area (Å²) in [6, 6.07) is 17.4. The highest BCUT2D eigenvalue weighted by Crippen LogP contribution is 2.36. The van der Waals surface area contributed by atoms with E-state index in [1.807, 2.05) is 19.1 Å². The Morgan fingerprint density at radius 3 is 2.50 bits per heavy atom. The van der Waals surface area contributed by atoms with Crippen LogP contribution in [-0.4, -0.2) is 12.5 Å². The first-order valence-electron chi connectivity index (χ1n) is 11.0. The standard InChI is InChI=1S/C28H23Cl3N2O3/c1-3-6-19-11-18(12-21(16-32)28(34)33-24-8-5-7-22(29)14-24)13-26(35-4-2)27(19)36-17-20-9-10-23(30)15-25(20)31/h3,5,7-15H,1,4,6,17H2,2H3,(H,33,34)/b21-12+. The highest BCUT2D eigenvalue weighted by molar-refractivity contribution is 6.35. The van der Waals surface area contributed by atoms with Crippen LogP contribution in [0.25, 0.3) is 6.08 Å². The molecule has 1 amide bonds. The zero-order chi connectivity index (χ0) is 26.1. The second-order valence-corrected chi connectivity index (χ2v) is 8.87. The number of allylic oxidation sites excluding steroid dienone is 1. The Balaban J connectivity index is 1.94. The van der Waals surface area contributed by atoms with Crippen molar-refractivity contribution in [2.24, 2.45) is 0 Å². The number of amides is 1. The van der Waals surface area contributed by atoms with E-state index in [-0.39, 0.29) is 12.2 Å². The van der Waals surface area contributed by atoms with E-state index >= 15 is 0 Å². The molecule has 5 nitrogen and oxygen atoms in total. The number of hydrogen-bond acceptors (Lipinski definition) is 4. The number of carbonyl (C=O) groups excluding carboxylic acids is 1. The second kappa shape index (κ2) is 13.0. The van der Waals surface area contributed by atoms with Gasteiger partial charge in [0.25, 0.3) is 5.91 Å². The van der Waals surface area contributed by atoms with Crippen molar-refractivity contribution in [3.63, 3.8) is 0 Å². The van der Waals surface area contributed by atoms with Gasteiger partial charge in [-0.25, -0.2) is 0 Å². The van der Waals surface area contributed by atoms with Gasteiger partial charge in [-0.1, -0.05) is 53.0 Å². The molecule has 0 aliphatic rings. The van der Waals surface area contributed by atoms with Crippen LogP contribution in [-0.2, 0) is 17.8 Å². The van der Waals surface area contributed by atoms with Crippen molar-refractivity contribution < 1.29 is 14.3 Å². The van der Waals surface area contributed by atoms with E-state index in [4.69, 9.17) is 44.3 Å². The predicted octanol–water partition coefficient (Wildman–Crippen LogP) is 7.90. The number of benzene rings is 3. The molecule has 0 aliphatic heterocycles. The molecule has 3 aromatic carbocycles. The molecule has 0 aromatic heterocycles. The molecule has 0 radical (unpaired) electrons. The minimum Gasteiger partial charge on any atom is -0.490 e. The Bertz CT molecular complexity index is 1350. The smallest absolute Gasteiger partial charge is 0.266 e. The van der Waals surface area contributed by atoms with Crippen molar-refractivity contribution in [2.75, 3.05) is 11.9 Å². The minimum atomic E-state index is -0.555. The van der Waals surface area contributed by atoms with E-state index in [0.29, 0.717) is 50.8 Å². The van der Waals surface area contributed by atoms with Gasteiger partial charge in [-0.2, -0.15) is 5.26 Å². The zero-order valence-corrected chi connectivity index (χ0v) is 21.8. The monoisotopic (exact) mass is 540 g/mol. The topological polar surface area (TPSA) is 71.4 Å². The summed E-state index contributed by atoms with van der Waals surface area (Å²) in [7, 11) is 0. The molecule has 36 heavy (non-hydrogen) atoms. The Kier molecular flexibility index (Phi) is 9.84. The molecule has 0 aliphatic carbocycles. The number of halogens is 3. The first-order chi connectivity index (χ1) is 17.3. The summed E-state index contributed by atoms with van der Waals surface area (Å²) in [4.78, 5) is 12.7. The van der Waals surface area contributed by atoms with Gasteiger partial charge >= 0.3 is 0 Å². The number of nitrogens with one attached hydrogen (secondary N) is 1. The third-order valence-corrected chi connectivity index (χ3v) is 5.79. The van der Waals surface area contributed by atoms with E-state index < -0.39 is 5.91 Å². The van der Waals surface area contributed by atoms with Gasteiger partial charge in [0.1, 0.15) is 18.2 Å². The van der Waals surface area contributed by atoms with Crippen LogP contribution in [0.1, 0.15) is 23.6 Å². The molecule has 8 heteroatoms. The van der Waals surface area contributed by atoms with Crippen LogP contribution in [0, 0.1) is 11.3 Å². The Morgan fingerprint density at radius 2 is 1.83 bits per heavy atom. The van der Waals surface area contributed by atoms with Crippen molar-refractivity contribution >= 4 is 52.5 Å². The van der Waals surface area contributed by atoms with Gasteiger partial charge < -0.3 is 14.8 Å². The van der Waals surface area contributed by atoms with Crippen LogP contribution in [0.2, 0.25) is 15.1 Å². The molecule has 0 fully saturated rings. The lowest BCUT2D eigenvalue weighted by molar-refractivity contribution is -0.112. The van der Waals surface area contributed by atoms with E-state index in [0.717, 1.165) is 11.1 Å². The number of nitrogens with zero attached hydrogens (tertiary/aromatic N) is 1. The van der Waals surface area contributed by atoms with Gasteiger partial charge in [0.2, 0.25) is 0 Å². The zero-order valence-electron chi connectivity index (χ0n) is 19.5. The normalized spacial score (nSPS) is 10.9.